The lowest BCUT2D eigenvalue weighted by Crippen LogP contribution is -2.20. The van der Waals surface area contributed by atoms with E-state index in [1.807, 2.05) is 13.0 Å². The Morgan fingerprint density at radius 3 is 2.32 bits per heavy atom. The number of halogens is 1. The van der Waals surface area contributed by atoms with Gasteiger partial charge in [-0.1, -0.05) is 35.9 Å². The van der Waals surface area contributed by atoms with Gasteiger partial charge in [-0.25, -0.2) is 0 Å². The van der Waals surface area contributed by atoms with Crippen LogP contribution in [-0.2, 0) is 4.79 Å². The van der Waals surface area contributed by atoms with E-state index >= 15 is 0 Å². The van der Waals surface area contributed by atoms with E-state index < -0.39 is 0 Å². The molecular weight excluding hydrogens is 376 g/mol. The summed E-state index contributed by atoms with van der Waals surface area (Å²) in [6, 6.07) is 21.1. The molecule has 0 heterocycles. The number of amides is 2. The van der Waals surface area contributed by atoms with Crippen LogP contribution >= 0.6 is 11.6 Å². The van der Waals surface area contributed by atoms with Crippen molar-refractivity contribution in [3.05, 3.63) is 88.9 Å². The molecule has 0 saturated carbocycles. The van der Waals surface area contributed by atoms with E-state index in [0.717, 1.165) is 5.56 Å². The lowest BCUT2D eigenvalue weighted by molar-refractivity contribution is -0.118. The number of nitrogens with one attached hydrogen (secondary N) is 2. The molecule has 3 rings (SSSR count). The summed E-state index contributed by atoms with van der Waals surface area (Å²) in [6.45, 7) is 1.72. The highest BCUT2D eigenvalue weighted by molar-refractivity contribution is 6.30. The fraction of sp³-hybridized carbons (Fsp3) is 0.0909. The van der Waals surface area contributed by atoms with Crippen molar-refractivity contribution in [2.45, 2.75) is 6.92 Å². The molecule has 5 nitrogen and oxygen atoms in total. The Hall–Kier alpha value is -3.31. The standard InChI is InChI=1S/C22H19ClN2O3/c1-15-12-17(23)10-11-20(15)28-14-21(26)24-18-8-5-9-19(13-18)25-22(27)16-6-3-2-4-7-16/h2-13H,14H2,1H3,(H,24,26)(H,25,27). The van der Waals surface area contributed by atoms with Crippen LogP contribution in [0.25, 0.3) is 0 Å². The van der Waals surface area contributed by atoms with Crippen LogP contribution in [0.2, 0.25) is 5.02 Å². The summed E-state index contributed by atoms with van der Waals surface area (Å²) in [5.74, 6) is 0.0786. The lowest BCUT2D eigenvalue weighted by Gasteiger charge is -2.11. The van der Waals surface area contributed by atoms with Crippen LogP contribution in [0.15, 0.2) is 72.8 Å². The molecule has 28 heavy (non-hydrogen) atoms. The molecule has 0 spiro atoms. The van der Waals surface area contributed by atoms with Gasteiger partial charge >= 0.3 is 0 Å². The van der Waals surface area contributed by atoms with Gasteiger partial charge in [-0.3, -0.25) is 9.59 Å². The lowest BCUT2D eigenvalue weighted by atomic mass is 10.2. The smallest absolute Gasteiger partial charge is 0.262 e. The maximum absolute atomic E-state index is 12.2. The molecule has 2 amide bonds. The van der Waals surface area contributed by atoms with Gasteiger partial charge in [0.1, 0.15) is 5.75 Å². The fourth-order valence-electron chi connectivity index (χ4n) is 2.58. The molecule has 0 radical (unpaired) electrons. The molecule has 3 aromatic carbocycles. The van der Waals surface area contributed by atoms with Gasteiger partial charge in [-0.15, -0.1) is 0 Å². The van der Waals surface area contributed by atoms with Crippen LogP contribution in [0.1, 0.15) is 15.9 Å². The van der Waals surface area contributed by atoms with Crippen molar-refractivity contribution in [1.29, 1.82) is 0 Å². The van der Waals surface area contributed by atoms with Gasteiger partial charge < -0.3 is 15.4 Å². The Balaban J connectivity index is 1.57. The predicted molar refractivity (Wildman–Crippen MR) is 111 cm³/mol. The van der Waals surface area contributed by atoms with Crippen molar-refractivity contribution in [2.24, 2.45) is 0 Å². The summed E-state index contributed by atoms with van der Waals surface area (Å²) in [5, 5.41) is 6.18. The second-order valence-electron chi connectivity index (χ2n) is 6.15. The molecule has 0 aromatic heterocycles. The molecule has 0 aliphatic heterocycles. The largest absolute Gasteiger partial charge is 0.483 e. The first-order valence-electron chi connectivity index (χ1n) is 8.66. The minimum atomic E-state index is -0.305. The van der Waals surface area contributed by atoms with Crippen LogP contribution < -0.4 is 15.4 Å². The predicted octanol–water partition coefficient (Wildman–Crippen LogP) is 4.92. The third-order valence-corrected chi connectivity index (χ3v) is 4.17. The summed E-state index contributed by atoms with van der Waals surface area (Å²) in [7, 11) is 0. The number of anilines is 2. The average Bonchev–Trinajstić information content (AvgIpc) is 2.68. The van der Waals surface area contributed by atoms with Crippen molar-refractivity contribution >= 4 is 34.8 Å². The van der Waals surface area contributed by atoms with Crippen molar-refractivity contribution in [2.75, 3.05) is 17.2 Å². The Morgan fingerprint density at radius 1 is 0.893 bits per heavy atom. The highest BCUT2D eigenvalue weighted by Crippen LogP contribution is 2.22. The van der Waals surface area contributed by atoms with E-state index in [4.69, 9.17) is 16.3 Å². The first-order chi connectivity index (χ1) is 13.5. The Bertz CT molecular complexity index is 990. The second kappa shape index (κ2) is 9.06. The molecule has 6 heteroatoms. The molecule has 0 atom stereocenters. The van der Waals surface area contributed by atoms with Crippen molar-refractivity contribution in [1.82, 2.24) is 0 Å². The number of aryl methyl sites for hydroxylation is 1. The summed E-state index contributed by atoms with van der Waals surface area (Å²) < 4.78 is 5.54. The fourth-order valence-corrected chi connectivity index (χ4v) is 2.81. The summed E-state index contributed by atoms with van der Waals surface area (Å²) in [5.41, 5.74) is 2.56. The second-order valence-corrected chi connectivity index (χ2v) is 6.58. The van der Waals surface area contributed by atoms with Crippen LogP contribution in [0.4, 0.5) is 11.4 Å². The van der Waals surface area contributed by atoms with Gasteiger partial charge in [0.25, 0.3) is 11.8 Å². The summed E-state index contributed by atoms with van der Waals surface area (Å²) in [6.07, 6.45) is 0. The molecule has 3 aromatic rings. The topological polar surface area (TPSA) is 67.4 Å². The maximum Gasteiger partial charge on any atom is 0.262 e. The number of rotatable bonds is 6. The van der Waals surface area contributed by atoms with Gasteiger partial charge in [-0.05, 0) is 61.0 Å². The molecule has 0 aliphatic rings. The van der Waals surface area contributed by atoms with Crippen molar-refractivity contribution in [3.63, 3.8) is 0 Å². The van der Waals surface area contributed by atoms with E-state index in [2.05, 4.69) is 10.6 Å². The van der Waals surface area contributed by atoms with E-state index in [1.165, 1.54) is 0 Å². The number of ether oxygens (including phenoxy) is 1. The monoisotopic (exact) mass is 394 g/mol. The Labute approximate surface area is 168 Å². The van der Waals surface area contributed by atoms with Gasteiger partial charge in [-0.2, -0.15) is 0 Å². The first kappa shape index (κ1) is 19.5. The van der Waals surface area contributed by atoms with E-state index in [9.17, 15) is 9.59 Å². The van der Waals surface area contributed by atoms with E-state index in [0.29, 0.717) is 27.7 Å². The minimum Gasteiger partial charge on any atom is -0.483 e. The molecule has 0 fully saturated rings. The van der Waals surface area contributed by atoms with Crippen LogP contribution in [0, 0.1) is 6.92 Å². The Morgan fingerprint density at radius 2 is 1.61 bits per heavy atom. The van der Waals surface area contributed by atoms with Crippen molar-refractivity contribution in [3.8, 4) is 5.75 Å². The number of carbonyl (C=O) groups excluding carboxylic acids is 2. The summed E-state index contributed by atoms with van der Waals surface area (Å²) in [4.78, 5) is 24.4. The molecule has 0 saturated heterocycles. The number of hydrogen-bond acceptors (Lipinski definition) is 3. The zero-order chi connectivity index (χ0) is 19.9. The average molecular weight is 395 g/mol. The van der Waals surface area contributed by atoms with Gasteiger partial charge in [0.05, 0.1) is 0 Å². The van der Waals surface area contributed by atoms with E-state index in [-0.39, 0.29) is 18.4 Å². The zero-order valence-electron chi connectivity index (χ0n) is 15.2. The first-order valence-corrected chi connectivity index (χ1v) is 9.04. The number of carbonyl (C=O) groups is 2. The van der Waals surface area contributed by atoms with Gasteiger partial charge in [0.15, 0.2) is 6.61 Å². The number of benzene rings is 3. The molecule has 0 bridgehead atoms. The molecular formula is C22H19ClN2O3. The Kier molecular flexibility index (Phi) is 6.29. The van der Waals surface area contributed by atoms with E-state index in [1.54, 1.807) is 66.7 Å². The zero-order valence-corrected chi connectivity index (χ0v) is 16.0. The summed E-state index contributed by atoms with van der Waals surface area (Å²) >= 11 is 5.91. The SMILES string of the molecule is Cc1cc(Cl)ccc1OCC(=O)Nc1cccc(NC(=O)c2ccccc2)c1. The van der Waals surface area contributed by atoms with Gasteiger partial charge in [0.2, 0.25) is 0 Å². The minimum absolute atomic E-state index is 0.136. The molecule has 0 unspecified atom stereocenters. The van der Waals surface area contributed by atoms with Crippen LogP contribution in [-0.4, -0.2) is 18.4 Å². The third-order valence-electron chi connectivity index (χ3n) is 3.94. The quantitative estimate of drug-likeness (QED) is 0.623. The van der Waals surface area contributed by atoms with Crippen molar-refractivity contribution < 1.29 is 14.3 Å². The van der Waals surface area contributed by atoms with Crippen LogP contribution in [0.5, 0.6) is 5.75 Å². The third kappa shape index (κ3) is 5.34. The van der Waals surface area contributed by atoms with Gasteiger partial charge in [0, 0.05) is 22.0 Å². The maximum atomic E-state index is 12.2. The normalized spacial score (nSPS) is 10.2. The van der Waals surface area contributed by atoms with Crippen LogP contribution in [0.3, 0.4) is 0 Å². The molecule has 142 valence electrons. The highest BCUT2D eigenvalue weighted by Gasteiger charge is 2.08. The molecule has 2 N–H and O–H groups in total. The number of hydrogen-bond donors (Lipinski definition) is 2. The molecule has 0 aliphatic carbocycles. The highest BCUT2D eigenvalue weighted by atomic mass is 35.5.